The number of ether oxygens (including phenoxy) is 1. The molecule has 176 valence electrons. The van der Waals surface area contributed by atoms with Gasteiger partial charge < -0.3 is 15.0 Å². The molecular formula is C24H34F2N4O2. The molecule has 3 rings (SSSR count). The summed E-state index contributed by atoms with van der Waals surface area (Å²) < 4.78 is 34.9. The average Bonchev–Trinajstić information content (AvgIpc) is 3.29. The van der Waals surface area contributed by atoms with Crippen molar-refractivity contribution in [3.63, 3.8) is 0 Å². The van der Waals surface area contributed by atoms with Crippen LogP contribution in [0, 0.1) is 5.92 Å². The Balaban J connectivity index is 1.77. The number of carbonyl (C=O) groups is 1. The molecule has 1 aromatic carbocycles. The lowest BCUT2D eigenvalue weighted by molar-refractivity contribution is -0.133. The van der Waals surface area contributed by atoms with Gasteiger partial charge in [0.2, 0.25) is 5.91 Å². The zero-order valence-corrected chi connectivity index (χ0v) is 19.6. The number of carbonyl (C=O) groups excluding carboxylic acids is 1. The molecule has 1 saturated heterocycles. The predicted octanol–water partition coefficient (Wildman–Crippen LogP) is 4.12. The summed E-state index contributed by atoms with van der Waals surface area (Å²) >= 11 is 0. The SMILES string of the molecule is COCCn1cc([C@@H]2[C@@H](CNCc3ccccc3C(C)(F)F)CC(=O)N2C(C)(C)C)cn1. The third-order valence-corrected chi connectivity index (χ3v) is 5.88. The topological polar surface area (TPSA) is 59.4 Å². The highest BCUT2D eigenvalue weighted by Crippen LogP contribution is 2.42. The molecule has 1 aliphatic heterocycles. The van der Waals surface area contributed by atoms with Gasteiger partial charge in [-0.2, -0.15) is 5.10 Å². The Morgan fingerprint density at radius 1 is 1.22 bits per heavy atom. The van der Waals surface area contributed by atoms with Crippen LogP contribution in [-0.2, 0) is 28.5 Å². The van der Waals surface area contributed by atoms with Gasteiger partial charge in [0, 0.05) is 62.3 Å². The van der Waals surface area contributed by atoms with Gasteiger partial charge >= 0.3 is 0 Å². The van der Waals surface area contributed by atoms with Gasteiger partial charge in [-0.25, -0.2) is 8.78 Å². The Bertz CT molecular complexity index is 917. The van der Waals surface area contributed by atoms with E-state index >= 15 is 0 Å². The average molecular weight is 449 g/mol. The summed E-state index contributed by atoms with van der Waals surface area (Å²) in [5.74, 6) is -2.79. The summed E-state index contributed by atoms with van der Waals surface area (Å²) in [6.45, 7) is 9.06. The molecule has 0 radical (unpaired) electrons. The molecule has 1 N–H and O–H groups in total. The molecule has 6 nitrogen and oxygen atoms in total. The molecule has 0 spiro atoms. The van der Waals surface area contributed by atoms with Gasteiger partial charge in [-0.15, -0.1) is 0 Å². The third kappa shape index (κ3) is 5.53. The number of nitrogens with zero attached hydrogens (tertiary/aromatic N) is 3. The normalized spacial score (nSPS) is 19.7. The fraction of sp³-hybridized carbons (Fsp3) is 0.583. The Hall–Kier alpha value is -2.32. The van der Waals surface area contributed by atoms with Gasteiger partial charge in [0.25, 0.3) is 5.92 Å². The molecule has 2 heterocycles. The van der Waals surface area contributed by atoms with Crippen LogP contribution in [0.15, 0.2) is 36.7 Å². The highest BCUT2D eigenvalue weighted by atomic mass is 19.3. The molecule has 0 saturated carbocycles. The second kappa shape index (κ2) is 9.67. The molecule has 32 heavy (non-hydrogen) atoms. The standard InChI is InChI=1S/C24H34F2N4O2/c1-23(2,3)30-21(31)12-18(22(30)19-15-28-29(16-19)10-11-32-5)14-27-13-17-8-6-7-9-20(17)24(4,25)26/h6-9,15-16,18,22,27H,10-14H2,1-5H3/t18-,22+/m1/s1. The first-order valence-corrected chi connectivity index (χ1v) is 11.0. The van der Waals surface area contributed by atoms with Crippen molar-refractivity contribution in [1.29, 1.82) is 0 Å². The number of hydrogen-bond acceptors (Lipinski definition) is 4. The van der Waals surface area contributed by atoms with E-state index in [1.165, 1.54) is 6.07 Å². The van der Waals surface area contributed by atoms with Crippen LogP contribution >= 0.6 is 0 Å². The fourth-order valence-corrected chi connectivity index (χ4v) is 4.53. The van der Waals surface area contributed by atoms with E-state index in [1.807, 2.05) is 42.7 Å². The van der Waals surface area contributed by atoms with Gasteiger partial charge in [-0.3, -0.25) is 9.48 Å². The Kier molecular flexibility index (Phi) is 7.35. The van der Waals surface area contributed by atoms with Gasteiger partial charge in [0.15, 0.2) is 0 Å². The number of alkyl halides is 2. The first-order chi connectivity index (χ1) is 15.0. The zero-order valence-electron chi connectivity index (χ0n) is 19.6. The summed E-state index contributed by atoms with van der Waals surface area (Å²) in [6, 6.07) is 6.45. The van der Waals surface area contributed by atoms with Crippen LogP contribution in [-0.4, -0.2) is 46.4 Å². The minimum atomic E-state index is -2.90. The molecule has 2 aromatic rings. The van der Waals surface area contributed by atoms with Crippen molar-refractivity contribution in [2.24, 2.45) is 5.92 Å². The number of likely N-dealkylation sites (tertiary alicyclic amines) is 1. The van der Waals surface area contributed by atoms with Crippen LogP contribution in [0.4, 0.5) is 8.78 Å². The number of aromatic nitrogens is 2. The molecule has 1 fully saturated rings. The number of hydrogen-bond donors (Lipinski definition) is 1. The largest absolute Gasteiger partial charge is 0.383 e. The van der Waals surface area contributed by atoms with E-state index in [9.17, 15) is 13.6 Å². The fourth-order valence-electron chi connectivity index (χ4n) is 4.53. The van der Waals surface area contributed by atoms with E-state index < -0.39 is 5.92 Å². The Morgan fingerprint density at radius 3 is 2.59 bits per heavy atom. The molecular weight excluding hydrogens is 414 g/mol. The molecule has 0 bridgehead atoms. The minimum Gasteiger partial charge on any atom is -0.383 e. The van der Waals surface area contributed by atoms with Crippen LogP contribution < -0.4 is 5.32 Å². The second-order valence-corrected chi connectivity index (χ2v) is 9.55. The maximum absolute atomic E-state index is 14.0. The molecule has 8 heteroatoms. The summed E-state index contributed by atoms with van der Waals surface area (Å²) in [6.07, 6.45) is 4.20. The van der Waals surface area contributed by atoms with E-state index in [-0.39, 0.29) is 29.0 Å². The van der Waals surface area contributed by atoms with Gasteiger partial charge in [-0.1, -0.05) is 24.3 Å². The highest BCUT2D eigenvalue weighted by molar-refractivity contribution is 5.80. The molecule has 1 amide bonds. The predicted molar refractivity (Wildman–Crippen MR) is 119 cm³/mol. The lowest BCUT2D eigenvalue weighted by Gasteiger charge is -2.38. The first-order valence-electron chi connectivity index (χ1n) is 11.0. The zero-order chi connectivity index (χ0) is 23.5. The Morgan fingerprint density at radius 2 is 1.94 bits per heavy atom. The first kappa shape index (κ1) is 24.3. The van der Waals surface area contributed by atoms with E-state index in [1.54, 1.807) is 25.3 Å². The number of halogens is 2. The van der Waals surface area contributed by atoms with E-state index in [0.717, 1.165) is 12.5 Å². The van der Waals surface area contributed by atoms with Crippen molar-refractivity contribution in [3.8, 4) is 0 Å². The quantitative estimate of drug-likeness (QED) is 0.627. The van der Waals surface area contributed by atoms with Crippen molar-refractivity contribution in [1.82, 2.24) is 20.0 Å². The molecule has 1 aromatic heterocycles. The smallest absolute Gasteiger partial charge is 0.270 e. The Labute approximate surface area is 188 Å². The number of benzene rings is 1. The number of nitrogens with one attached hydrogen (secondary N) is 1. The second-order valence-electron chi connectivity index (χ2n) is 9.55. The van der Waals surface area contributed by atoms with Crippen LogP contribution in [0.5, 0.6) is 0 Å². The summed E-state index contributed by atoms with van der Waals surface area (Å²) in [5, 5.41) is 7.77. The summed E-state index contributed by atoms with van der Waals surface area (Å²) in [5.41, 5.74) is 1.24. The van der Waals surface area contributed by atoms with Crippen molar-refractivity contribution in [2.75, 3.05) is 20.3 Å². The lowest BCUT2D eigenvalue weighted by atomic mass is 9.93. The monoisotopic (exact) mass is 448 g/mol. The summed E-state index contributed by atoms with van der Waals surface area (Å²) in [4.78, 5) is 14.9. The van der Waals surface area contributed by atoms with Crippen molar-refractivity contribution in [2.45, 2.75) is 64.7 Å². The molecule has 1 aliphatic rings. The number of rotatable bonds is 9. The maximum Gasteiger partial charge on any atom is 0.270 e. The van der Waals surface area contributed by atoms with E-state index in [4.69, 9.17) is 4.74 Å². The molecule has 0 unspecified atom stereocenters. The van der Waals surface area contributed by atoms with Crippen LogP contribution in [0.2, 0.25) is 0 Å². The van der Waals surface area contributed by atoms with Gasteiger partial charge in [0.1, 0.15) is 0 Å². The highest BCUT2D eigenvalue weighted by Gasteiger charge is 2.45. The van der Waals surface area contributed by atoms with Crippen molar-refractivity contribution in [3.05, 3.63) is 53.3 Å². The van der Waals surface area contributed by atoms with Crippen molar-refractivity contribution >= 4 is 5.91 Å². The van der Waals surface area contributed by atoms with Crippen LogP contribution in [0.1, 0.15) is 56.8 Å². The summed E-state index contributed by atoms with van der Waals surface area (Å²) in [7, 11) is 1.65. The van der Waals surface area contributed by atoms with Crippen molar-refractivity contribution < 1.29 is 18.3 Å². The number of amides is 1. The van der Waals surface area contributed by atoms with Gasteiger partial charge in [0.05, 0.1) is 25.4 Å². The third-order valence-electron chi connectivity index (χ3n) is 5.88. The molecule has 0 aliphatic carbocycles. The molecule has 2 atom stereocenters. The number of methoxy groups -OCH3 is 1. The van der Waals surface area contributed by atoms with E-state index in [2.05, 4.69) is 10.4 Å². The lowest BCUT2D eigenvalue weighted by Crippen LogP contribution is -2.44. The maximum atomic E-state index is 14.0. The minimum absolute atomic E-state index is 0.0103. The van der Waals surface area contributed by atoms with Gasteiger partial charge in [-0.05, 0) is 26.3 Å². The van der Waals surface area contributed by atoms with Crippen LogP contribution in [0.25, 0.3) is 0 Å². The van der Waals surface area contributed by atoms with Crippen LogP contribution in [0.3, 0.4) is 0 Å². The van der Waals surface area contributed by atoms with E-state index in [0.29, 0.717) is 38.2 Å².